The predicted octanol–water partition coefficient (Wildman–Crippen LogP) is -4.46. The minimum Gasteiger partial charge on any atom is -0.394 e. The van der Waals surface area contributed by atoms with Crippen LogP contribution in [-0.4, -0.2) is 253 Å². The summed E-state index contributed by atoms with van der Waals surface area (Å²) in [7, 11) is 0. The zero-order valence-corrected chi connectivity index (χ0v) is 74.7. The summed E-state index contributed by atoms with van der Waals surface area (Å²) >= 11 is 0. The van der Waals surface area contributed by atoms with Crippen LogP contribution in [0.1, 0.15) is 247 Å². The second-order valence-electron chi connectivity index (χ2n) is 35.2. The average molecular weight is 1790 g/mol. The molecule has 2 heterocycles. The quantitative estimate of drug-likeness (QED) is 0.0166. The number of rotatable bonds is 53. The summed E-state index contributed by atoms with van der Waals surface area (Å²) < 4.78 is 0. The molecule has 0 spiro atoms. The molecule has 4 fully saturated rings. The topological polar surface area (TPSA) is 726 Å². The number of aliphatic hydroxyl groups is 2. The number of carbonyl (C=O) groups is 17. The number of hydrogen-bond donors (Lipinski definition) is 23. The van der Waals surface area contributed by atoms with Gasteiger partial charge in [0.2, 0.25) is 100 Å². The second kappa shape index (κ2) is 52.7. The summed E-state index contributed by atoms with van der Waals surface area (Å²) in [6.45, 7) is 10.5. The first kappa shape index (κ1) is 106. The first-order chi connectivity index (χ1) is 59.9. The van der Waals surface area contributed by atoms with Gasteiger partial charge in [-0.05, 0) is 128 Å². The Balaban J connectivity index is 1.37. The van der Waals surface area contributed by atoms with Crippen LogP contribution in [0.25, 0.3) is 0 Å². The molecular weight excluding hydrogens is 1650 g/mol. The molecule has 127 heavy (non-hydrogen) atoms. The van der Waals surface area contributed by atoms with Gasteiger partial charge >= 0.3 is 0 Å². The highest BCUT2D eigenvalue weighted by molar-refractivity contribution is 6.02. The van der Waals surface area contributed by atoms with Gasteiger partial charge in [-0.1, -0.05) is 117 Å². The van der Waals surface area contributed by atoms with Crippen LogP contribution in [0, 0.1) is 23.7 Å². The monoisotopic (exact) mass is 1790 g/mol. The average Bonchev–Trinajstić information content (AvgIpc) is 1.74. The highest BCUT2D eigenvalue weighted by atomic mass is 16.3. The number of likely N-dealkylation sites (tertiary alicyclic amines) is 1. The van der Waals surface area contributed by atoms with Gasteiger partial charge in [-0.2, -0.15) is 0 Å². The maximum Gasteiger partial charge on any atom is 0.248 e. The van der Waals surface area contributed by atoms with Crippen LogP contribution in [0.5, 0.6) is 0 Å². The van der Waals surface area contributed by atoms with E-state index in [0.29, 0.717) is 37.8 Å². The van der Waals surface area contributed by atoms with Gasteiger partial charge in [0.05, 0.1) is 25.5 Å². The summed E-state index contributed by atoms with van der Waals surface area (Å²) in [6, 6.07) is -17.7. The van der Waals surface area contributed by atoms with Crippen molar-refractivity contribution in [2.75, 3.05) is 26.2 Å². The Kier molecular flexibility index (Phi) is 44.1. The molecule has 5 rings (SSSR count). The van der Waals surface area contributed by atoms with Gasteiger partial charge in [-0.15, -0.1) is 0 Å². The lowest BCUT2D eigenvalue weighted by Crippen LogP contribution is -2.65. The SMILES string of the molecule is CC[C@@](C)(NC(=O)[C@H]1CCCN1C(=O)[C@H](CO)NC(C)=O)C(=O)N[C@@H](Cc1cnc[nH]1)C(=O)N[C@@H](CC1CCCCC1)C(=O)N[C@@H](CC1CCCCC1)C(=O)N[C@@H](CC(N)=O)C(=O)N[C@@H](CC(C)C)C(=O)NC(C)(C)C(=O)N[C@H](C(=O)N[C@@H](CCCN=C(N)N)C(=O)N[C@@H](CCC(N)=O)C(=O)N[C@@H](CCCN=C(N)N)C(=O)N[C@@H](CC1CCCCC1)C(N)=O)[C@@H](C)O. The summed E-state index contributed by atoms with van der Waals surface area (Å²) in [5, 5.41) is 55.3. The van der Waals surface area contributed by atoms with E-state index in [-0.39, 0.29) is 126 Å². The maximum absolute atomic E-state index is 15.2. The van der Waals surface area contributed by atoms with E-state index >= 15 is 14.4 Å². The lowest BCUT2D eigenvalue weighted by atomic mass is 9.83. The molecule has 0 unspecified atom stereocenters. The van der Waals surface area contributed by atoms with Crippen molar-refractivity contribution in [1.29, 1.82) is 0 Å². The van der Waals surface area contributed by atoms with E-state index in [4.69, 9.17) is 40.1 Å². The molecule has 1 aromatic rings. The molecule has 14 atom stereocenters. The number of aliphatic imine (C=N–C) groups is 2. The Morgan fingerprint density at radius 1 is 0.496 bits per heavy atom. The van der Waals surface area contributed by atoms with Gasteiger partial charge in [0.15, 0.2) is 11.9 Å². The summed E-state index contributed by atoms with van der Waals surface area (Å²) in [5.41, 5.74) is 35.9. The highest BCUT2D eigenvalue weighted by Crippen LogP contribution is 2.31. The number of guanidine groups is 2. The van der Waals surface area contributed by atoms with E-state index in [0.717, 1.165) is 77.6 Å². The number of nitrogens with zero attached hydrogens (tertiary/aromatic N) is 4. The number of aromatic amines is 1. The second-order valence-corrected chi connectivity index (χ2v) is 35.2. The van der Waals surface area contributed by atoms with Crippen molar-refractivity contribution in [2.24, 2.45) is 73.8 Å². The van der Waals surface area contributed by atoms with Gasteiger partial charge < -0.3 is 129 Å². The van der Waals surface area contributed by atoms with Crippen molar-refractivity contribution in [2.45, 2.75) is 338 Å². The molecule has 44 heteroatoms. The van der Waals surface area contributed by atoms with Crippen molar-refractivity contribution in [1.82, 2.24) is 84.0 Å². The van der Waals surface area contributed by atoms with Gasteiger partial charge in [0, 0.05) is 51.3 Å². The predicted molar refractivity (Wildman–Crippen MR) is 466 cm³/mol. The molecule has 712 valence electrons. The first-order valence-electron chi connectivity index (χ1n) is 44.4. The Morgan fingerprint density at radius 2 is 0.937 bits per heavy atom. The zero-order chi connectivity index (χ0) is 94.4. The van der Waals surface area contributed by atoms with Crippen molar-refractivity contribution in [3.8, 4) is 0 Å². The summed E-state index contributed by atoms with van der Waals surface area (Å²) in [5.74, 6) is -16.5. The van der Waals surface area contributed by atoms with Crippen molar-refractivity contribution in [3.63, 3.8) is 0 Å². The third kappa shape index (κ3) is 36.5. The highest BCUT2D eigenvalue weighted by Gasteiger charge is 2.45. The third-order valence-electron chi connectivity index (χ3n) is 23.6. The smallest absolute Gasteiger partial charge is 0.248 e. The molecule has 1 aromatic heterocycles. The lowest BCUT2D eigenvalue weighted by Gasteiger charge is -2.34. The van der Waals surface area contributed by atoms with E-state index in [1.807, 2.05) is 0 Å². The fourth-order valence-corrected chi connectivity index (χ4v) is 16.3. The molecule has 1 aliphatic heterocycles. The number of hydrogen-bond acceptors (Lipinski definition) is 22. The fraction of sp³-hybridized carbons (Fsp3) is 0.735. The molecule has 0 bridgehead atoms. The Morgan fingerprint density at radius 3 is 1.37 bits per heavy atom. The van der Waals surface area contributed by atoms with Crippen LogP contribution in [0.3, 0.4) is 0 Å². The Hall–Kier alpha value is -11.3. The van der Waals surface area contributed by atoms with Crippen LogP contribution < -0.4 is 109 Å². The van der Waals surface area contributed by atoms with Crippen molar-refractivity contribution < 1.29 is 91.7 Å². The number of H-pyrrole nitrogens is 1. The third-order valence-corrected chi connectivity index (χ3v) is 23.6. The van der Waals surface area contributed by atoms with Crippen LogP contribution in [0.4, 0.5) is 0 Å². The lowest BCUT2D eigenvalue weighted by molar-refractivity contribution is -0.144. The minimum absolute atomic E-state index is 0.0111. The number of imidazole rings is 1. The minimum atomic E-state index is -2.03. The largest absolute Gasteiger partial charge is 0.394 e. The van der Waals surface area contributed by atoms with Crippen molar-refractivity contribution in [3.05, 3.63) is 18.2 Å². The molecule has 0 aromatic carbocycles. The van der Waals surface area contributed by atoms with Gasteiger partial charge in [-0.3, -0.25) is 91.5 Å². The van der Waals surface area contributed by atoms with Gasteiger partial charge in [0.25, 0.3) is 0 Å². The Labute approximate surface area is 740 Å². The number of primary amides is 3. The van der Waals surface area contributed by atoms with E-state index in [1.54, 1.807) is 20.8 Å². The molecule has 3 saturated carbocycles. The van der Waals surface area contributed by atoms with Crippen LogP contribution in [0.2, 0.25) is 0 Å². The molecule has 44 nitrogen and oxygen atoms in total. The standard InChI is InChI=1S/C83H141N25O19/c1-9-83(8,107-75(123)62-30-21-35-108(62)77(125)61(43-109)95-47(5)111)79(127)104-59(40-51-42-91-44-94-51)72(120)102-57(38-49-24-15-11-16-25-49)70(118)101-58(39-50-26-17-12-18-27-50)71(119)103-60(41-64(85)113)73(121)100-56(36-45(2)3)74(122)106-82(6,7)78(126)105-65(46(4)110)76(124)98-53(29-20-34-93-81(89)90)67(115)97-54(31-32-63(84)112)69(117)96-52(28-19-33-92-80(87)88)68(116)99-55(66(86)114)37-48-22-13-10-14-23-48/h42,44-46,48-50,52-62,65,109-110H,9-41,43H2,1-8H3,(H2,84,112)(H2,85,113)(H2,86,114)(H,91,94)(H,95,111)(H,96,117)(H,97,115)(H,98,124)(H,99,116)(H,100,121)(H,101,118)(H,102,120)(H,103,119)(H,104,127)(H,105,126)(H,106,122)(H,107,123)(H4,87,88,92)(H4,89,90,93)/t46-,52+,53+,54+,55+,56+,57+,58+,59+,60+,61+,62-,65+,83-/m1/s1. The van der Waals surface area contributed by atoms with Gasteiger partial charge in [0.1, 0.15) is 83.6 Å². The number of nitrogens with two attached hydrogens (primary N) is 7. The van der Waals surface area contributed by atoms with Crippen LogP contribution >= 0.6 is 0 Å². The Bertz CT molecular complexity index is 3950. The van der Waals surface area contributed by atoms with E-state index in [9.17, 15) is 77.3 Å². The summed E-state index contributed by atoms with van der Waals surface area (Å²) in [6.07, 6.45) is 11.8. The molecule has 3 aliphatic carbocycles. The van der Waals surface area contributed by atoms with E-state index in [1.165, 1.54) is 45.1 Å². The molecular formula is C83H141N25O19. The molecule has 30 N–H and O–H groups in total. The van der Waals surface area contributed by atoms with Gasteiger partial charge in [-0.25, -0.2) is 4.98 Å². The van der Waals surface area contributed by atoms with Crippen LogP contribution in [0.15, 0.2) is 22.5 Å². The molecule has 4 aliphatic rings. The molecule has 1 saturated heterocycles. The van der Waals surface area contributed by atoms with Crippen molar-refractivity contribution >= 4 is 112 Å². The number of carbonyl (C=O) groups excluding carboxylic acids is 17. The maximum atomic E-state index is 15.2. The number of nitrogens with one attached hydrogen (secondary N) is 14. The number of amides is 17. The fourth-order valence-electron chi connectivity index (χ4n) is 16.3. The zero-order valence-electron chi connectivity index (χ0n) is 74.7. The van der Waals surface area contributed by atoms with E-state index < -0.39 is 216 Å². The molecule has 0 radical (unpaired) electrons. The number of aliphatic hydroxyl groups excluding tert-OH is 2. The summed E-state index contributed by atoms with van der Waals surface area (Å²) in [4.78, 5) is 255. The number of aromatic nitrogens is 2. The molecule has 17 amide bonds. The first-order valence-corrected chi connectivity index (χ1v) is 44.4. The van der Waals surface area contributed by atoms with E-state index in [2.05, 4.69) is 89.1 Å². The van der Waals surface area contributed by atoms with Crippen LogP contribution in [-0.2, 0) is 87.9 Å². The normalized spacial score (nSPS) is 18.4.